The highest BCUT2D eigenvalue weighted by atomic mass is 16.3. The molecule has 0 aliphatic heterocycles. The number of benzene rings is 1. The number of furan rings is 1. The predicted molar refractivity (Wildman–Crippen MR) is 87.5 cm³/mol. The lowest BCUT2D eigenvalue weighted by Crippen LogP contribution is -1.97. The summed E-state index contributed by atoms with van der Waals surface area (Å²) in [6, 6.07) is 10.7. The van der Waals surface area contributed by atoms with E-state index in [4.69, 9.17) is 4.42 Å². The van der Waals surface area contributed by atoms with Crippen molar-refractivity contribution >= 4 is 11.0 Å². The van der Waals surface area contributed by atoms with Crippen molar-refractivity contribution in [1.82, 2.24) is 4.98 Å². The second-order valence-electron chi connectivity index (χ2n) is 5.67. The van der Waals surface area contributed by atoms with Gasteiger partial charge in [0.25, 0.3) is 0 Å². The van der Waals surface area contributed by atoms with Gasteiger partial charge >= 0.3 is 0 Å². The minimum Gasteiger partial charge on any atom is -0.464 e. The molecule has 0 saturated heterocycles. The fraction of sp³-hybridized carbons (Fsp3) is 0.316. The van der Waals surface area contributed by atoms with Crippen LogP contribution in [-0.4, -0.2) is 4.98 Å². The first-order valence-corrected chi connectivity index (χ1v) is 7.66. The second kappa shape index (κ2) is 5.72. The number of hydrogen-bond acceptors (Lipinski definition) is 2. The van der Waals surface area contributed by atoms with Gasteiger partial charge in [-0.25, -0.2) is 0 Å². The maximum atomic E-state index is 5.49. The van der Waals surface area contributed by atoms with Crippen LogP contribution in [0, 0.1) is 6.92 Å². The zero-order chi connectivity index (χ0) is 14.8. The lowest BCUT2D eigenvalue weighted by molar-refractivity contribution is 0.615. The van der Waals surface area contributed by atoms with E-state index >= 15 is 0 Å². The highest BCUT2D eigenvalue weighted by Gasteiger charge is 2.11. The van der Waals surface area contributed by atoms with Crippen molar-refractivity contribution in [2.45, 2.75) is 39.5 Å². The van der Waals surface area contributed by atoms with Gasteiger partial charge in [-0.2, -0.15) is 0 Å². The number of hydrogen-bond donors (Lipinski definition) is 0. The van der Waals surface area contributed by atoms with Crippen LogP contribution in [0.4, 0.5) is 0 Å². The molecule has 3 aromatic rings. The van der Waals surface area contributed by atoms with E-state index in [1.807, 2.05) is 18.3 Å². The summed E-state index contributed by atoms with van der Waals surface area (Å²) in [4.78, 5) is 4.58. The number of aryl methyl sites for hydroxylation is 1. The van der Waals surface area contributed by atoms with Crippen molar-refractivity contribution in [1.29, 1.82) is 0 Å². The molecule has 0 saturated carbocycles. The number of aromatic nitrogens is 1. The smallest absolute Gasteiger partial charge is 0.137 e. The molecule has 0 radical (unpaired) electrons. The molecular formula is C19H21NO. The summed E-state index contributed by atoms with van der Waals surface area (Å²) in [7, 11) is 0. The summed E-state index contributed by atoms with van der Waals surface area (Å²) in [6.45, 7) is 6.66. The van der Waals surface area contributed by atoms with Gasteiger partial charge in [0.05, 0.1) is 12.0 Å². The highest BCUT2D eigenvalue weighted by Crippen LogP contribution is 2.29. The minimum atomic E-state index is 0.621. The van der Waals surface area contributed by atoms with E-state index in [1.54, 1.807) is 6.26 Å². The maximum absolute atomic E-state index is 5.49. The van der Waals surface area contributed by atoms with E-state index in [0.29, 0.717) is 5.92 Å². The van der Waals surface area contributed by atoms with Crippen LogP contribution in [0.15, 0.2) is 47.2 Å². The van der Waals surface area contributed by atoms with Crippen molar-refractivity contribution in [3.05, 3.63) is 53.9 Å². The van der Waals surface area contributed by atoms with Gasteiger partial charge in [-0.05, 0) is 49.4 Å². The molecular weight excluding hydrogens is 258 g/mol. The number of nitrogens with zero attached hydrogens (tertiary/aromatic N) is 1. The van der Waals surface area contributed by atoms with Gasteiger partial charge in [0.15, 0.2) is 0 Å². The third-order valence-corrected chi connectivity index (χ3v) is 4.19. The van der Waals surface area contributed by atoms with Crippen molar-refractivity contribution in [2.75, 3.05) is 0 Å². The molecule has 0 aliphatic rings. The molecule has 0 N–H and O–H groups in total. The zero-order valence-electron chi connectivity index (χ0n) is 12.9. The molecule has 0 atom stereocenters. The quantitative estimate of drug-likeness (QED) is 0.611. The molecule has 2 heterocycles. The fourth-order valence-electron chi connectivity index (χ4n) is 2.97. The van der Waals surface area contributed by atoms with Crippen molar-refractivity contribution in [3.8, 4) is 11.3 Å². The van der Waals surface area contributed by atoms with E-state index in [1.165, 1.54) is 29.5 Å². The Morgan fingerprint density at radius 2 is 1.90 bits per heavy atom. The third kappa shape index (κ3) is 2.71. The van der Waals surface area contributed by atoms with Gasteiger partial charge in [-0.15, -0.1) is 0 Å². The Hall–Kier alpha value is -2.09. The molecule has 21 heavy (non-hydrogen) atoms. The molecule has 0 unspecified atom stereocenters. The Kier molecular flexibility index (Phi) is 3.78. The summed E-state index contributed by atoms with van der Waals surface area (Å²) in [5.41, 5.74) is 5.75. The standard InChI is InChI=1S/C19H21NO/c1-4-14(5-2)16-8-13(3)9-17(10-16)18-11-19-15(12-20-18)6-7-21-19/h6-12,14H,4-5H2,1-3H3. The van der Waals surface area contributed by atoms with E-state index in [0.717, 1.165) is 16.7 Å². The van der Waals surface area contributed by atoms with Gasteiger partial charge in [0.1, 0.15) is 5.58 Å². The normalized spacial score (nSPS) is 11.4. The highest BCUT2D eigenvalue weighted by molar-refractivity contribution is 5.80. The van der Waals surface area contributed by atoms with E-state index in [9.17, 15) is 0 Å². The van der Waals surface area contributed by atoms with Crippen LogP contribution in [0.1, 0.15) is 43.7 Å². The molecule has 0 amide bonds. The fourth-order valence-corrected chi connectivity index (χ4v) is 2.97. The van der Waals surface area contributed by atoms with Gasteiger partial charge in [-0.1, -0.05) is 25.5 Å². The van der Waals surface area contributed by atoms with Crippen molar-refractivity contribution in [3.63, 3.8) is 0 Å². The Bertz CT molecular complexity index is 753. The average molecular weight is 279 g/mol. The lowest BCUT2D eigenvalue weighted by atomic mass is 9.90. The molecule has 0 aliphatic carbocycles. The Balaban J connectivity index is 2.08. The molecule has 0 fully saturated rings. The Morgan fingerprint density at radius 1 is 1.10 bits per heavy atom. The number of fused-ring (bicyclic) bond motifs is 1. The maximum Gasteiger partial charge on any atom is 0.137 e. The van der Waals surface area contributed by atoms with Crippen LogP contribution in [0.2, 0.25) is 0 Å². The largest absolute Gasteiger partial charge is 0.464 e. The average Bonchev–Trinajstić information content (AvgIpc) is 2.95. The molecule has 0 spiro atoms. The first-order valence-electron chi connectivity index (χ1n) is 7.66. The van der Waals surface area contributed by atoms with Gasteiger partial charge in [0, 0.05) is 23.2 Å². The van der Waals surface area contributed by atoms with Crippen LogP contribution in [0.3, 0.4) is 0 Å². The van der Waals surface area contributed by atoms with Gasteiger partial charge in [-0.3, -0.25) is 4.98 Å². The monoisotopic (exact) mass is 279 g/mol. The van der Waals surface area contributed by atoms with E-state index in [2.05, 4.69) is 44.0 Å². The van der Waals surface area contributed by atoms with Gasteiger partial charge < -0.3 is 4.42 Å². The summed E-state index contributed by atoms with van der Waals surface area (Å²) >= 11 is 0. The summed E-state index contributed by atoms with van der Waals surface area (Å²) in [6.07, 6.45) is 5.93. The molecule has 1 aromatic carbocycles. The summed E-state index contributed by atoms with van der Waals surface area (Å²) in [5, 5.41) is 1.05. The van der Waals surface area contributed by atoms with Gasteiger partial charge in [0.2, 0.25) is 0 Å². The minimum absolute atomic E-state index is 0.621. The predicted octanol–water partition coefficient (Wildman–Crippen LogP) is 5.71. The molecule has 2 nitrogen and oxygen atoms in total. The molecule has 2 heteroatoms. The van der Waals surface area contributed by atoms with E-state index < -0.39 is 0 Å². The molecule has 2 aromatic heterocycles. The second-order valence-corrected chi connectivity index (χ2v) is 5.67. The van der Waals surface area contributed by atoms with Crippen molar-refractivity contribution < 1.29 is 4.42 Å². The Morgan fingerprint density at radius 3 is 2.67 bits per heavy atom. The van der Waals surface area contributed by atoms with Crippen LogP contribution < -0.4 is 0 Å². The summed E-state index contributed by atoms with van der Waals surface area (Å²) < 4.78 is 5.49. The molecule has 108 valence electrons. The number of rotatable bonds is 4. The van der Waals surface area contributed by atoms with E-state index in [-0.39, 0.29) is 0 Å². The molecule has 0 bridgehead atoms. The molecule has 3 rings (SSSR count). The summed E-state index contributed by atoms with van der Waals surface area (Å²) in [5.74, 6) is 0.621. The van der Waals surface area contributed by atoms with Crippen LogP contribution in [-0.2, 0) is 0 Å². The van der Waals surface area contributed by atoms with Crippen LogP contribution in [0.25, 0.3) is 22.2 Å². The first kappa shape index (κ1) is 13.9. The van der Waals surface area contributed by atoms with Crippen molar-refractivity contribution in [2.24, 2.45) is 0 Å². The van der Waals surface area contributed by atoms with Crippen LogP contribution >= 0.6 is 0 Å². The topological polar surface area (TPSA) is 26.0 Å². The zero-order valence-corrected chi connectivity index (χ0v) is 12.9. The van der Waals surface area contributed by atoms with Crippen LogP contribution in [0.5, 0.6) is 0 Å². The number of pyridine rings is 1. The lowest BCUT2D eigenvalue weighted by Gasteiger charge is -2.15. The Labute approximate surface area is 125 Å². The SMILES string of the molecule is CCC(CC)c1cc(C)cc(-c2cc3occc3cn2)c1. The third-order valence-electron chi connectivity index (χ3n) is 4.19. The first-order chi connectivity index (χ1) is 10.2.